The third-order valence-electron chi connectivity index (χ3n) is 3.52. The van der Waals surface area contributed by atoms with Gasteiger partial charge in [-0.1, -0.05) is 25.7 Å². The summed E-state index contributed by atoms with van der Waals surface area (Å²) in [5.41, 5.74) is 6.06. The van der Waals surface area contributed by atoms with Gasteiger partial charge in [-0.05, 0) is 25.7 Å². The minimum Gasteiger partial charge on any atom is -0.329 e. The van der Waals surface area contributed by atoms with E-state index in [4.69, 9.17) is 5.73 Å². The number of hydrogen-bond donors (Lipinski definition) is 2. The van der Waals surface area contributed by atoms with Crippen molar-refractivity contribution in [2.75, 3.05) is 13.1 Å². The molecule has 0 aromatic carbocycles. The lowest BCUT2D eigenvalue weighted by atomic mass is 9.73. The normalized spacial score (nSPS) is 32.1. The fourth-order valence-corrected chi connectivity index (χ4v) is 2.36. The Kier molecular flexibility index (Phi) is 4.44. The van der Waals surface area contributed by atoms with E-state index < -0.39 is 0 Å². The van der Waals surface area contributed by atoms with Crippen molar-refractivity contribution in [1.82, 2.24) is 5.32 Å². The predicted octanol–water partition coefficient (Wildman–Crippen LogP) is 1.51. The highest BCUT2D eigenvalue weighted by molar-refractivity contribution is 5.03. The molecule has 80 valence electrons. The Hall–Kier alpha value is -0.520. The van der Waals surface area contributed by atoms with Gasteiger partial charge in [0.1, 0.15) is 0 Å². The Morgan fingerprint density at radius 1 is 1.50 bits per heavy atom. The molecule has 1 fully saturated rings. The van der Waals surface area contributed by atoms with Crippen LogP contribution in [0.2, 0.25) is 0 Å². The van der Waals surface area contributed by atoms with E-state index in [9.17, 15) is 0 Å². The van der Waals surface area contributed by atoms with E-state index in [1.807, 2.05) is 6.92 Å². The van der Waals surface area contributed by atoms with Gasteiger partial charge in [-0.2, -0.15) is 0 Å². The van der Waals surface area contributed by atoms with E-state index in [1.165, 1.54) is 25.7 Å². The molecule has 0 aromatic heterocycles. The summed E-state index contributed by atoms with van der Waals surface area (Å²) < 4.78 is 0. The van der Waals surface area contributed by atoms with E-state index in [0.29, 0.717) is 5.92 Å². The largest absolute Gasteiger partial charge is 0.329 e. The van der Waals surface area contributed by atoms with Gasteiger partial charge in [0.05, 0.1) is 6.54 Å². The fraction of sp³-hybridized carbons (Fsp3) is 0.833. The van der Waals surface area contributed by atoms with Crippen LogP contribution in [0.15, 0.2) is 0 Å². The average Bonchev–Trinajstić information content (AvgIpc) is 2.21. The van der Waals surface area contributed by atoms with Crippen molar-refractivity contribution < 1.29 is 0 Å². The summed E-state index contributed by atoms with van der Waals surface area (Å²) in [6.07, 6.45) is 5.15. The highest BCUT2D eigenvalue weighted by Gasteiger charge is 2.35. The molecule has 0 aliphatic heterocycles. The molecule has 2 nitrogen and oxygen atoms in total. The smallest absolute Gasteiger partial charge is 0.0581 e. The van der Waals surface area contributed by atoms with Gasteiger partial charge in [-0.25, -0.2) is 0 Å². The number of nitrogens with one attached hydrogen (secondary N) is 1. The molecule has 2 unspecified atom stereocenters. The lowest BCUT2D eigenvalue weighted by Crippen LogP contribution is -2.57. The monoisotopic (exact) mass is 194 g/mol. The molecule has 1 rings (SSSR count). The second kappa shape index (κ2) is 5.38. The Morgan fingerprint density at radius 2 is 2.29 bits per heavy atom. The molecule has 0 spiro atoms. The SMILES string of the molecule is CC#CCNC1(CN)CCCCC1C. The van der Waals surface area contributed by atoms with Crippen LogP contribution in [0.5, 0.6) is 0 Å². The third-order valence-corrected chi connectivity index (χ3v) is 3.52. The van der Waals surface area contributed by atoms with Gasteiger partial charge in [-0.3, -0.25) is 5.32 Å². The summed E-state index contributed by atoms with van der Waals surface area (Å²) >= 11 is 0. The maximum absolute atomic E-state index is 5.90. The van der Waals surface area contributed by atoms with Gasteiger partial charge in [-0.15, -0.1) is 5.92 Å². The first kappa shape index (κ1) is 11.6. The van der Waals surface area contributed by atoms with E-state index in [1.54, 1.807) is 0 Å². The molecule has 1 aliphatic carbocycles. The summed E-state index contributed by atoms with van der Waals surface area (Å²) in [4.78, 5) is 0. The Bertz CT molecular complexity index is 226. The zero-order chi connectivity index (χ0) is 10.4. The molecule has 2 atom stereocenters. The summed E-state index contributed by atoms with van der Waals surface area (Å²) in [7, 11) is 0. The van der Waals surface area contributed by atoms with Crippen LogP contribution in [0.1, 0.15) is 39.5 Å². The maximum Gasteiger partial charge on any atom is 0.0581 e. The van der Waals surface area contributed by atoms with Gasteiger partial charge in [0.25, 0.3) is 0 Å². The summed E-state index contributed by atoms with van der Waals surface area (Å²) in [5, 5.41) is 3.54. The number of rotatable bonds is 3. The van der Waals surface area contributed by atoms with Crippen LogP contribution in [-0.4, -0.2) is 18.6 Å². The minimum absolute atomic E-state index is 0.155. The molecule has 0 amide bonds. The van der Waals surface area contributed by atoms with Gasteiger partial charge in [0, 0.05) is 12.1 Å². The molecule has 1 aliphatic rings. The number of hydrogen-bond acceptors (Lipinski definition) is 2. The molecule has 1 saturated carbocycles. The standard InChI is InChI=1S/C12H22N2/c1-3-4-9-14-12(10-13)8-6-5-7-11(12)2/h11,14H,5-10,13H2,1-2H3. The Morgan fingerprint density at radius 3 is 2.86 bits per heavy atom. The first-order valence-corrected chi connectivity index (χ1v) is 5.60. The van der Waals surface area contributed by atoms with Crippen molar-refractivity contribution in [3.05, 3.63) is 0 Å². The Balaban J connectivity index is 2.56. The molecule has 3 N–H and O–H groups in total. The van der Waals surface area contributed by atoms with Crippen molar-refractivity contribution in [2.45, 2.75) is 45.1 Å². The molecule has 2 heteroatoms. The fourth-order valence-electron chi connectivity index (χ4n) is 2.36. The molecule has 0 heterocycles. The van der Waals surface area contributed by atoms with Crippen molar-refractivity contribution in [1.29, 1.82) is 0 Å². The second-order valence-corrected chi connectivity index (χ2v) is 4.29. The molecular formula is C12H22N2. The summed E-state index contributed by atoms with van der Waals surface area (Å²) in [5.74, 6) is 6.65. The van der Waals surface area contributed by atoms with Crippen LogP contribution < -0.4 is 11.1 Å². The number of nitrogens with two attached hydrogens (primary N) is 1. The third kappa shape index (κ3) is 2.50. The highest BCUT2D eigenvalue weighted by atomic mass is 15.0. The van der Waals surface area contributed by atoms with Gasteiger partial charge < -0.3 is 5.73 Å². The molecule has 0 saturated heterocycles. The quantitative estimate of drug-likeness (QED) is 0.668. The van der Waals surface area contributed by atoms with E-state index >= 15 is 0 Å². The average molecular weight is 194 g/mol. The highest BCUT2D eigenvalue weighted by Crippen LogP contribution is 2.32. The zero-order valence-electron chi connectivity index (χ0n) is 9.40. The molecule has 0 aromatic rings. The molecular weight excluding hydrogens is 172 g/mol. The topological polar surface area (TPSA) is 38.0 Å². The zero-order valence-corrected chi connectivity index (χ0v) is 9.40. The first-order valence-electron chi connectivity index (χ1n) is 5.60. The van der Waals surface area contributed by atoms with Gasteiger partial charge in [0.2, 0.25) is 0 Å². The van der Waals surface area contributed by atoms with Crippen molar-refractivity contribution in [3.63, 3.8) is 0 Å². The summed E-state index contributed by atoms with van der Waals surface area (Å²) in [6, 6.07) is 0. The molecule has 0 radical (unpaired) electrons. The predicted molar refractivity (Wildman–Crippen MR) is 60.9 cm³/mol. The van der Waals surface area contributed by atoms with Crippen molar-refractivity contribution >= 4 is 0 Å². The van der Waals surface area contributed by atoms with Gasteiger partial charge in [0.15, 0.2) is 0 Å². The minimum atomic E-state index is 0.155. The van der Waals surface area contributed by atoms with E-state index in [2.05, 4.69) is 24.1 Å². The molecule has 14 heavy (non-hydrogen) atoms. The van der Waals surface area contributed by atoms with Crippen LogP contribution in [0.25, 0.3) is 0 Å². The lowest BCUT2D eigenvalue weighted by molar-refractivity contribution is 0.168. The molecule has 0 bridgehead atoms. The van der Waals surface area contributed by atoms with E-state index in [-0.39, 0.29) is 5.54 Å². The van der Waals surface area contributed by atoms with Crippen LogP contribution in [0.4, 0.5) is 0 Å². The Labute approximate surface area is 87.6 Å². The van der Waals surface area contributed by atoms with Crippen molar-refractivity contribution in [2.24, 2.45) is 11.7 Å². The van der Waals surface area contributed by atoms with Crippen LogP contribution >= 0.6 is 0 Å². The maximum atomic E-state index is 5.90. The summed E-state index contributed by atoms with van der Waals surface area (Å²) in [6.45, 7) is 5.69. The van der Waals surface area contributed by atoms with E-state index in [0.717, 1.165) is 13.1 Å². The first-order chi connectivity index (χ1) is 6.75. The second-order valence-electron chi connectivity index (χ2n) is 4.29. The van der Waals surface area contributed by atoms with Crippen molar-refractivity contribution in [3.8, 4) is 11.8 Å². The van der Waals surface area contributed by atoms with Gasteiger partial charge >= 0.3 is 0 Å². The lowest BCUT2D eigenvalue weighted by Gasteiger charge is -2.42. The van der Waals surface area contributed by atoms with Crippen LogP contribution in [0, 0.1) is 17.8 Å². The van der Waals surface area contributed by atoms with Crippen LogP contribution in [-0.2, 0) is 0 Å². The van der Waals surface area contributed by atoms with Crippen LogP contribution in [0.3, 0.4) is 0 Å².